The molecule has 0 atom stereocenters. The average Bonchev–Trinajstić information content (AvgIpc) is 1.38. The molecule has 0 bridgehead atoms. The van der Waals surface area contributed by atoms with Crippen molar-refractivity contribution in [1.29, 1.82) is 0 Å². The van der Waals surface area contributed by atoms with Gasteiger partial charge in [-0.1, -0.05) is 0 Å². The van der Waals surface area contributed by atoms with Gasteiger partial charge in [-0.15, -0.1) is 0 Å². The summed E-state index contributed by atoms with van der Waals surface area (Å²) >= 11 is 0. The fourth-order valence-electron chi connectivity index (χ4n) is 0. The van der Waals surface area contributed by atoms with Crippen molar-refractivity contribution in [3.63, 3.8) is 0 Å². The summed E-state index contributed by atoms with van der Waals surface area (Å²) in [6.45, 7) is -0.778. The molecule has 2 N–H and O–H groups in total. The maximum Gasteiger partial charge on any atom is 0.329 e. The first-order valence-electron chi connectivity index (χ1n) is 1.10. The van der Waals surface area contributed by atoms with Gasteiger partial charge in [-0.25, -0.2) is 4.79 Å². The summed E-state index contributed by atoms with van der Waals surface area (Å²) in [6.07, 6.45) is 0. The SMILES string of the molecule is O=C(O)CO.[Bi]. The second-order valence-corrected chi connectivity index (χ2v) is 0.552. The first-order chi connectivity index (χ1) is 2.27. The van der Waals surface area contributed by atoms with Crippen molar-refractivity contribution in [2.24, 2.45) is 0 Å². The smallest absolute Gasteiger partial charge is 0.329 e. The molecule has 4 heteroatoms. The standard InChI is InChI=1S/C2H4O3.Bi/c3-1-2(4)5;/h3H,1H2,(H,4,5);. The van der Waals surface area contributed by atoms with Gasteiger partial charge < -0.3 is 10.2 Å². The third-order valence-electron chi connectivity index (χ3n) is 0.135. The van der Waals surface area contributed by atoms with Crippen LogP contribution in [0.3, 0.4) is 0 Å². The van der Waals surface area contributed by atoms with E-state index in [0.29, 0.717) is 0 Å². The van der Waals surface area contributed by atoms with Crippen LogP contribution in [0.25, 0.3) is 0 Å². The van der Waals surface area contributed by atoms with E-state index in [9.17, 15) is 0 Å². The molecule has 0 aliphatic carbocycles. The number of aliphatic hydroxyl groups excluding tert-OH is 1. The van der Waals surface area contributed by atoms with E-state index < -0.39 is 12.6 Å². The van der Waals surface area contributed by atoms with Gasteiger partial charge >= 0.3 is 5.97 Å². The van der Waals surface area contributed by atoms with Crippen LogP contribution >= 0.6 is 0 Å². The molecule has 6 heavy (non-hydrogen) atoms. The minimum atomic E-state index is -1.19. The summed E-state index contributed by atoms with van der Waals surface area (Å²) in [5.74, 6) is -1.19. The number of carboxylic acid groups (broad SMARTS) is 1. The van der Waals surface area contributed by atoms with Crippen molar-refractivity contribution >= 4 is 32.2 Å². The third kappa shape index (κ3) is 8.85. The molecule has 3 radical (unpaired) electrons. The van der Waals surface area contributed by atoms with Gasteiger partial charge in [-0.2, -0.15) is 0 Å². The summed E-state index contributed by atoms with van der Waals surface area (Å²) in [5.41, 5.74) is 0. The quantitative estimate of drug-likeness (QED) is 0.588. The molecule has 0 fully saturated rings. The Balaban J connectivity index is 0. The van der Waals surface area contributed by atoms with E-state index in [1.54, 1.807) is 0 Å². The van der Waals surface area contributed by atoms with Crippen molar-refractivity contribution in [1.82, 2.24) is 0 Å². The van der Waals surface area contributed by atoms with Crippen LogP contribution in [0.1, 0.15) is 0 Å². The van der Waals surface area contributed by atoms with E-state index >= 15 is 0 Å². The predicted molar refractivity (Wildman–Crippen MR) is 20.5 cm³/mol. The first-order valence-corrected chi connectivity index (χ1v) is 1.10. The van der Waals surface area contributed by atoms with Crippen LogP contribution < -0.4 is 0 Å². The number of hydrogen-bond donors (Lipinski definition) is 2. The van der Waals surface area contributed by atoms with Crippen LogP contribution in [0.5, 0.6) is 0 Å². The van der Waals surface area contributed by atoms with Crippen LogP contribution in [0.15, 0.2) is 0 Å². The molecular weight excluding hydrogens is 281 g/mol. The van der Waals surface area contributed by atoms with Gasteiger partial charge in [0.2, 0.25) is 0 Å². The van der Waals surface area contributed by atoms with Crippen molar-refractivity contribution in [2.45, 2.75) is 0 Å². The van der Waals surface area contributed by atoms with Gasteiger partial charge in [0.1, 0.15) is 6.61 Å². The fraction of sp³-hybridized carbons (Fsp3) is 0.500. The van der Waals surface area contributed by atoms with Crippen LogP contribution in [0.4, 0.5) is 0 Å². The number of carboxylic acids is 1. The fourth-order valence-corrected chi connectivity index (χ4v) is 0. The van der Waals surface area contributed by atoms with Gasteiger partial charge in [-0.3, -0.25) is 0 Å². The topological polar surface area (TPSA) is 57.5 Å². The molecule has 0 aromatic carbocycles. The molecule has 0 aliphatic heterocycles. The number of hydrogen-bond acceptors (Lipinski definition) is 2. The Hall–Kier alpha value is 0.313. The Kier molecular flexibility index (Phi) is 8.48. The normalized spacial score (nSPS) is 6.17. The van der Waals surface area contributed by atoms with Crippen LogP contribution in [-0.4, -0.2) is 49.0 Å². The Bertz CT molecular complexity index is 44.1. The molecule has 0 saturated carbocycles. The Morgan fingerprint density at radius 3 is 1.83 bits per heavy atom. The predicted octanol–water partition coefficient (Wildman–Crippen LogP) is -1.32. The van der Waals surface area contributed by atoms with Crippen LogP contribution in [0, 0.1) is 0 Å². The zero-order chi connectivity index (χ0) is 4.28. The summed E-state index contributed by atoms with van der Waals surface area (Å²) in [7, 11) is 0. The van der Waals surface area contributed by atoms with E-state index in [0.717, 1.165) is 0 Å². The van der Waals surface area contributed by atoms with Crippen molar-refractivity contribution < 1.29 is 15.0 Å². The number of aliphatic carboxylic acids is 1. The third-order valence-corrected chi connectivity index (χ3v) is 0.135. The minimum Gasteiger partial charge on any atom is -0.480 e. The van der Waals surface area contributed by atoms with Gasteiger partial charge in [-0.05, 0) is 0 Å². The van der Waals surface area contributed by atoms with Gasteiger partial charge in [0, 0.05) is 26.2 Å². The summed E-state index contributed by atoms with van der Waals surface area (Å²) in [4.78, 5) is 9.12. The summed E-state index contributed by atoms with van der Waals surface area (Å²) in [6, 6.07) is 0. The molecule has 0 aromatic rings. The largest absolute Gasteiger partial charge is 0.480 e. The molecule has 0 amide bonds. The number of rotatable bonds is 1. The van der Waals surface area contributed by atoms with Crippen LogP contribution in [-0.2, 0) is 4.79 Å². The van der Waals surface area contributed by atoms with E-state index in [-0.39, 0.29) is 26.2 Å². The molecule has 0 aromatic heterocycles. The monoisotopic (exact) mass is 285 g/mol. The van der Waals surface area contributed by atoms with E-state index in [4.69, 9.17) is 15.0 Å². The molecule has 35 valence electrons. The molecular formula is C2H4BiO3. The van der Waals surface area contributed by atoms with Gasteiger partial charge in [0.05, 0.1) is 0 Å². The second-order valence-electron chi connectivity index (χ2n) is 0.552. The van der Waals surface area contributed by atoms with E-state index in [1.807, 2.05) is 0 Å². The van der Waals surface area contributed by atoms with Crippen molar-refractivity contribution in [2.75, 3.05) is 6.61 Å². The maximum absolute atomic E-state index is 9.12. The molecule has 3 nitrogen and oxygen atoms in total. The van der Waals surface area contributed by atoms with Gasteiger partial charge in [0.15, 0.2) is 0 Å². The van der Waals surface area contributed by atoms with E-state index in [1.165, 1.54) is 0 Å². The zero-order valence-electron chi connectivity index (χ0n) is 2.96. The molecule has 0 heterocycles. The second kappa shape index (κ2) is 5.31. The zero-order valence-corrected chi connectivity index (χ0v) is 6.43. The van der Waals surface area contributed by atoms with Gasteiger partial charge in [0.25, 0.3) is 0 Å². The Morgan fingerprint density at radius 1 is 1.67 bits per heavy atom. The first kappa shape index (κ1) is 9.58. The average molecular weight is 285 g/mol. The van der Waals surface area contributed by atoms with Crippen LogP contribution in [0.2, 0.25) is 0 Å². The molecule has 0 spiro atoms. The molecule has 0 unspecified atom stereocenters. The van der Waals surface area contributed by atoms with Crippen molar-refractivity contribution in [3.05, 3.63) is 0 Å². The van der Waals surface area contributed by atoms with E-state index in [2.05, 4.69) is 0 Å². The Morgan fingerprint density at radius 2 is 1.83 bits per heavy atom. The Labute approximate surface area is 54.1 Å². The number of aliphatic hydroxyl groups is 1. The summed E-state index contributed by atoms with van der Waals surface area (Å²) < 4.78 is 0. The molecule has 0 saturated heterocycles. The van der Waals surface area contributed by atoms with Crippen molar-refractivity contribution in [3.8, 4) is 0 Å². The minimum absolute atomic E-state index is 0. The summed E-state index contributed by atoms with van der Waals surface area (Å²) in [5, 5.41) is 15.0. The molecule has 0 rings (SSSR count). The maximum atomic E-state index is 9.12. The molecule has 0 aliphatic rings. The number of carbonyl (C=O) groups is 1.